The molecule has 1 unspecified atom stereocenters. The van der Waals surface area contributed by atoms with Crippen LogP contribution < -0.4 is 11.1 Å². The maximum Gasteiger partial charge on any atom is 0.234 e. The number of hydrogen-bond acceptors (Lipinski definition) is 3. The lowest BCUT2D eigenvalue weighted by Crippen LogP contribution is -2.32. The predicted octanol–water partition coefficient (Wildman–Crippen LogP) is 1.08. The lowest BCUT2D eigenvalue weighted by atomic mass is 9.83. The second kappa shape index (κ2) is 3.55. The largest absolute Gasteiger partial charge is 0.384 e. The number of amides is 1. The summed E-state index contributed by atoms with van der Waals surface area (Å²) in [4.78, 5) is 11.8. The SMILES string of the molecule is CC(O)(CN)c1ccc2c(c1)C(C)(C)C(=O)N2. The van der Waals surface area contributed by atoms with Gasteiger partial charge < -0.3 is 16.2 Å². The van der Waals surface area contributed by atoms with Crippen molar-refractivity contribution in [1.29, 1.82) is 0 Å². The van der Waals surface area contributed by atoms with Gasteiger partial charge in [0.1, 0.15) is 0 Å². The third kappa shape index (κ3) is 1.73. The van der Waals surface area contributed by atoms with Gasteiger partial charge in [-0.1, -0.05) is 6.07 Å². The number of nitrogens with two attached hydrogens (primary N) is 1. The number of carbonyl (C=O) groups excluding carboxylic acids is 1. The van der Waals surface area contributed by atoms with E-state index in [-0.39, 0.29) is 12.5 Å². The van der Waals surface area contributed by atoms with E-state index in [0.717, 1.165) is 16.8 Å². The highest BCUT2D eigenvalue weighted by Crippen LogP contribution is 2.39. The highest BCUT2D eigenvalue weighted by molar-refractivity contribution is 6.05. The summed E-state index contributed by atoms with van der Waals surface area (Å²) in [7, 11) is 0. The van der Waals surface area contributed by atoms with E-state index >= 15 is 0 Å². The fourth-order valence-electron chi connectivity index (χ4n) is 2.02. The Morgan fingerprint density at radius 3 is 2.71 bits per heavy atom. The van der Waals surface area contributed by atoms with Gasteiger partial charge in [0.05, 0.1) is 11.0 Å². The molecule has 4 heteroatoms. The van der Waals surface area contributed by atoms with Gasteiger partial charge >= 0.3 is 0 Å². The number of aliphatic hydroxyl groups is 1. The van der Waals surface area contributed by atoms with Crippen molar-refractivity contribution in [3.05, 3.63) is 29.3 Å². The molecule has 1 heterocycles. The van der Waals surface area contributed by atoms with Crippen molar-refractivity contribution in [1.82, 2.24) is 0 Å². The van der Waals surface area contributed by atoms with Gasteiger partial charge in [-0.15, -0.1) is 0 Å². The first-order chi connectivity index (χ1) is 7.79. The Labute approximate surface area is 101 Å². The van der Waals surface area contributed by atoms with Crippen molar-refractivity contribution in [3.8, 4) is 0 Å². The van der Waals surface area contributed by atoms with Gasteiger partial charge in [-0.25, -0.2) is 0 Å². The lowest BCUT2D eigenvalue weighted by molar-refractivity contribution is -0.119. The van der Waals surface area contributed by atoms with Crippen LogP contribution in [0, 0.1) is 0 Å². The van der Waals surface area contributed by atoms with Crippen molar-refractivity contribution in [3.63, 3.8) is 0 Å². The van der Waals surface area contributed by atoms with E-state index in [1.165, 1.54) is 0 Å². The molecular weight excluding hydrogens is 216 g/mol. The van der Waals surface area contributed by atoms with Gasteiger partial charge in [0, 0.05) is 12.2 Å². The number of hydrogen-bond donors (Lipinski definition) is 3. The molecule has 0 spiro atoms. The number of rotatable bonds is 2. The van der Waals surface area contributed by atoms with E-state index in [1.54, 1.807) is 13.0 Å². The zero-order valence-electron chi connectivity index (χ0n) is 10.4. The summed E-state index contributed by atoms with van der Waals surface area (Å²) in [5.74, 6) is -0.0166. The van der Waals surface area contributed by atoms with Crippen LogP contribution in [0.5, 0.6) is 0 Å². The summed E-state index contributed by atoms with van der Waals surface area (Å²) in [6.07, 6.45) is 0. The summed E-state index contributed by atoms with van der Waals surface area (Å²) in [5.41, 5.74) is 6.39. The van der Waals surface area contributed by atoms with Crippen molar-refractivity contribution < 1.29 is 9.90 Å². The van der Waals surface area contributed by atoms with Crippen LogP contribution in [0.4, 0.5) is 5.69 Å². The Morgan fingerprint density at radius 1 is 1.47 bits per heavy atom. The van der Waals surface area contributed by atoms with E-state index in [9.17, 15) is 9.90 Å². The van der Waals surface area contributed by atoms with Crippen LogP contribution in [0.1, 0.15) is 31.9 Å². The van der Waals surface area contributed by atoms with E-state index < -0.39 is 11.0 Å². The molecule has 4 nitrogen and oxygen atoms in total. The third-order valence-corrected chi connectivity index (χ3v) is 3.53. The van der Waals surface area contributed by atoms with Crippen molar-refractivity contribution >= 4 is 11.6 Å². The molecule has 0 fully saturated rings. The third-order valence-electron chi connectivity index (χ3n) is 3.53. The van der Waals surface area contributed by atoms with E-state index in [4.69, 9.17) is 5.73 Å². The molecule has 0 radical (unpaired) electrons. The molecule has 1 aromatic rings. The van der Waals surface area contributed by atoms with Crippen LogP contribution in [-0.2, 0) is 15.8 Å². The highest BCUT2D eigenvalue weighted by Gasteiger charge is 2.39. The monoisotopic (exact) mass is 234 g/mol. The molecule has 1 aromatic carbocycles. The molecule has 0 aromatic heterocycles. The first-order valence-corrected chi connectivity index (χ1v) is 5.68. The quantitative estimate of drug-likeness (QED) is 0.716. The summed E-state index contributed by atoms with van der Waals surface area (Å²) in [5, 5.41) is 13.0. The van der Waals surface area contributed by atoms with Crippen LogP contribution >= 0.6 is 0 Å². The van der Waals surface area contributed by atoms with Gasteiger partial charge in [-0.2, -0.15) is 0 Å². The second-order valence-electron chi connectivity index (χ2n) is 5.32. The molecule has 1 atom stereocenters. The van der Waals surface area contributed by atoms with Gasteiger partial charge in [0.15, 0.2) is 0 Å². The zero-order valence-corrected chi connectivity index (χ0v) is 10.4. The van der Waals surface area contributed by atoms with Crippen LogP contribution in [-0.4, -0.2) is 17.6 Å². The molecule has 1 aliphatic heterocycles. The Kier molecular flexibility index (Phi) is 2.52. The van der Waals surface area contributed by atoms with Gasteiger partial charge in [-0.05, 0) is 44.0 Å². The minimum absolute atomic E-state index is 0.0166. The molecule has 0 aliphatic carbocycles. The minimum Gasteiger partial charge on any atom is -0.384 e. The topological polar surface area (TPSA) is 75.3 Å². The van der Waals surface area contributed by atoms with Crippen LogP contribution in [0.2, 0.25) is 0 Å². The number of nitrogens with one attached hydrogen (secondary N) is 1. The predicted molar refractivity (Wildman–Crippen MR) is 66.7 cm³/mol. The fourth-order valence-corrected chi connectivity index (χ4v) is 2.02. The summed E-state index contributed by atoms with van der Waals surface area (Å²) >= 11 is 0. The van der Waals surface area contributed by atoms with Crippen molar-refractivity contribution in [2.75, 3.05) is 11.9 Å². The van der Waals surface area contributed by atoms with Crippen molar-refractivity contribution in [2.45, 2.75) is 31.8 Å². The second-order valence-corrected chi connectivity index (χ2v) is 5.32. The Bertz CT molecular complexity index is 478. The molecule has 0 saturated carbocycles. The molecule has 92 valence electrons. The average Bonchev–Trinajstić information content (AvgIpc) is 2.50. The maximum absolute atomic E-state index is 11.8. The Hall–Kier alpha value is -1.39. The Balaban J connectivity index is 2.53. The number of carbonyl (C=O) groups is 1. The van der Waals surface area contributed by atoms with Crippen LogP contribution in [0.3, 0.4) is 0 Å². The summed E-state index contributed by atoms with van der Waals surface area (Å²) in [6, 6.07) is 5.48. The zero-order chi connectivity index (χ0) is 12.8. The molecule has 4 N–H and O–H groups in total. The molecular formula is C13H18N2O2. The highest BCUT2D eigenvalue weighted by atomic mass is 16.3. The van der Waals surface area contributed by atoms with Crippen LogP contribution in [0.25, 0.3) is 0 Å². The van der Waals surface area contributed by atoms with E-state index in [0.29, 0.717) is 0 Å². The number of anilines is 1. The molecule has 0 bridgehead atoms. The first kappa shape index (κ1) is 12.1. The van der Waals surface area contributed by atoms with Gasteiger partial charge in [0.2, 0.25) is 5.91 Å². The molecule has 1 amide bonds. The van der Waals surface area contributed by atoms with Crippen LogP contribution in [0.15, 0.2) is 18.2 Å². The van der Waals surface area contributed by atoms with Gasteiger partial charge in [-0.3, -0.25) is 4.79 Å². The first-order valence-electron chi connectivity index (χ1n) is 5.68. The molecule has 1 aliphatic rings. The minimum atomic E-state index is -1.06. The summed E-state index contributed by atoms with van der Waals surface area (Å²) < 4.78 is 0. The number of fused-ring (bicyclic) bond motifs is 1. The summed E-state index contributed by atoms with van der Waals surface area (Å²) in [6.45, 7) is 5.56. The van der Waals surface area contributed by atoms with Gasteiger partial charge in [0.25, 0.3) is 0 Å². The fraction of sp³-hybridized carbons (Fsp3) is 0.462. The smallest absolute Gasteiger partial charge is 0.234 e. The lowest BCUT2D eigenvalue weighted by Gasteiger charge is -2.24. The van der Waals surface area contributed by atoms with Crippen molar-refractivity contribution in [2.24, 2.45) is 5.73 Å². The molecule has 2 rings (SSSR count). The molecule has 17 heavy (non-hydrogen) atoms. The number of benzene rings is 1. The maximum atomic E-state index is 11.8. The van der Waals surface area contributed by atoms with E-state index in [1.807, 2.05) is 26.0 Å². The van der Waals surface area contributed by atoms with E-state index in [2.05, 4.69) is 5.32 Å². The standard InChI is InChI=1S/C13H18N2O2/c1-12(2)9-6-8(13(3,17)7-14)4-5-10(9)15-11(12)16/h4-6,17H,7,14H2,1-3H3,(H,15,16). The normalized spacial score (nSPS) is 20.6. The Morgan fingerprint density at radius 2 is 2.12 bits per heavy atom. The average molecular weight is 234 g/mol. The molecule has 0 saturated heterocycles.